The second kappa shape index (κ2) is 11.5. The molecule has 0 aliphatic rings. The number of methoxy groups -OCH3 is 1. The number of nitrogens with zero attached hydrogens (tertiary/aromatic N) is 1. The topological polar surface area (TPSA) is 101 Å². The molecule has 0 fully saturated rings. The monoisotopic (exact) mass is 514 g/mol. The number of nitrogens with one attached hydrogen (secondary N) is 3. The molecule has 156 valence electrons. The van der Waals surface area contributed by atoms with Gasteiger partial charge in [-0.1, -0.05) is 0 Å². The third-order valence-corrected chi connectivity index (χ3v) is 4.09. The van der Waals surface area contributed by atoms with E-state index in [2.05, 4.69) is 20.3 Å². The van der Waals surface area contributed by atoms with Crippen LogP contribution in [0.1, 0.15) is 27.7 Å². The smallest absolute Gasteiger partial charge is 0.209 e. The number of sulfonamides is 1. The molecule has 0 unspecified atom stereocenters. The number of benzene rings is 1. The Balaban J connectivity index is 0.00000676. The molecule has 0 radical (unpaired) electrons. The number of rotatable bonds is 9. The van der Waals surface area contributed by atoms with E-state index in [1.807, 2.05) is 32.0 Å². The summed E-state index contributed by atoms with van der Waals surface area (Å²) in [6, 6.07) is 5.50. The van der Waals surface area contributed by atoms with Gasteiger partial charge in [-0.3, -0.25) is 4.99 Å². The maximum absolute atomic E-state index is 11.5. The molecule has 0 aromatic heterocycles. The predicted molar refractivity (Wildman–Crippen MR) is 121 cm³/mol. The first-order valence-electron chi connectivity index (χ1n) is 8.45. The Hall–Kier alpha value is -1.27. The molecule has 0 aliphatic carbocycles. The first-order chi connectivity index (χ1) is 12.1. The summed E-state index contributed by atoms with van der Waals surface area (Å²) in [5.74, 6) is 1.83. The Kier molecular flexibility index (Phi) is 11.0. The minimum absolute atomic E-state index is 0. The van der Waals surface area contributed by atoms with Crippen molar-refractivity contribution in [3.8, 4) is 11.5 Å². The minimum Gasteiger partial charge on any atom is -0.493 e. The van der Waals surface area contributed by atoms with Crippen LogP contribution in [0, 0.1) is 0 Å². The number of ether oxygens (including phenoxy) is 2. The molecular weight excluding hydrogens is 483 g/mol. The molecule has 0 spiro atoms. The summed E-state index contributed by atoms with van der Waals surface area (Å²) in [6.45, 7) is 8.88. The number of hydrogen-bond acceptors (Lipinski definition) is 5. The zero-order valence-corrected chi connectivity index (χ0v) is 19.9. The first-order valence-corrected chi connectivity index (χ1v) is 10.3. The standard InChI is InChI=1S/C17H30N4O4S.HI/c1-7-18-16(19-12-17(3,4)21-26(6,22)23)20-13-9-10-14(24-5)15(11-13)25-8-2;/h9-11,21H,7-8,12H2,1-6H3,(H2,18,19,20);1H. The van der Waals surface area contributed by atoms with Crippen LogP contribution in [-0.2, 0) is 10.0 Å². The molecule has 0 atom stereocenters. The molecule has 10 heteroatoms. The number of hydrogen-bond donors (Lipinski definition) is 3. The largest absolute Gasteiger partial charge is 0.493 e. The fraction of sp³-hybridized carbons (Fsp3) is 0.588. The van der Waals surface area contributed by atoms with Gasteiger partial charge in [-0.05, 0) is 39.8 Å². The second-order valence-electron chi connectivity index (χ2n) is 6.38. The zero-order valence-electron chi connectivity index (χ0n) is 16.8. The van der Waals surface area contributed by atoms with Crippen molar-refractivity contribution in [2.24, 2.45) is 4.99 Å². The first kappa shape index (κ1) is 25.7. The predicted octanol–water partition coefficient (Wildman–Crippen LogP) is 2.42. The van der Waals surface area contributed by atoms with Crippen molar-refractivity contribution in [3.63, 3.8) is 0 Å². The molecule has 0 aliphatic heterocycles. The van der Waals surface area contributed by atoms with E-state index in [4.69, 9.17) is 9.47 Å². The van der Waals surface area contributed by atoms with Crippen LogP contribution >= 0.6 is 24.0 Å². The quantitative estimate of drug-likeness (QED) is 0.266. The minimum atomic E-state index is -3.31. The number of guanidine groups is 1. The molecule has 1 aromatic carbocycles. The van der Waals surface area contributed by atoms with E-state index < -0.39 is 15.6 Å². The molecule has 1 rings (SSSR count). The van der Waals surface area contributed by atoms with E-state index in [1.165, 1.54) is 0 Å². The van der Waals surface area contributed by atoms with Gasteiger partial charge in [0.05, 0.1) is 26.5 Å². The van der Waals surface area contributed by atoms with Crippen LogP contribution in [0.4, 0.5) is 5.69 Å². The van der Waals surface area contributed by atoms with Crippen LogP contribution in [-0.4, -0.2) is 53.0 Å². The van der Waals surface area contributed by atoms with Gasteiger partial charge >= 0.3 is 0 Å². The van der Waals surface area contributed by atoms with Crippen molar-refractivity contribution < 1.29 is 17.9 Å². The van der Waals surface area contributed by atoms with E-state index >= 15 is 0 Å². The lowest BCUT2D eigenvalue weighted by molar-refractivity contribution is 0.311. The highest BCUT2D eigenvalue weighted by atomic mass is 127. The summed E-state index contributed by atoms with van der Waals surface area (Å²) in [5, 5.41) is 6.33. The van der Waals surface area contributed by atoms with Gasteiger partial charge < -0.3 is 20.1 Å². The Labute approximate surface area is 179 Å². The normalized spacial score (nSPS) is 12.1. The van der Waals surface area contributed by atoms with Gasteiger partial charge in [-0.25, -0.2) is 13.1 Å². The van der Waals surface area contributed by atoms with E-state index in [0.29, 0.717) is 30.6 Å². The Morgan fingerprint density at radius 2 is 1.89 bits per heavy atom. The molecule has 8 nitrogen and oxygen atoms in total. The molecule has 3 N–H and O–H groups in total. The fourth-order valence-electron chi connectivity index (χ4n) is 2.28. The van der Waals surface area contributed by atoms with Crippen molar-refractivity contribution in [1.29, 1.82) is 0 Å². The SMILES string of the molecule is CCNC(=NCC(C)(C)NS(C)(=O)=O)Nc1ccc(OC)c(OCC)c1.I. The van der Waals surface area contributed by atoms with Gasteiger partial charge in [0.15, 0.2) is 17.5 Å². The van der Waals surface area contributed by atoms with E-state index in [1.54, 1.807) is 21.0 Å². The third-order valence-electron chi connectivity index (χ3n) is 3.16. The van der Waals surface area contributed by atoms with Crippen molar-refractivity contribution in [2.45, 2.75) is 33.2 Å². The zero-order chi connectivity index (χ0) is 19.8. The molecule has 27 heavy (non-hydrogen) atoms. The lowest BCUT2D eigenvalue weighted by atomic mass is 10.1. The third kappa shape index (κ3) is 10.0. The Morgan fingerprint density at radius 1 is 1.22 bits per heavy atom. The van der Waals surface area contributed by atoms with Crippen molar-refractivity contribution >= 4 is 45.6 Å². The summed E-state index contributed by atoms with van der Waals surface area (Å²) in [7, 11) is -1.72. The summed E-state index contributed by atoms with van der Waals surface area (Å²) in [6.07, 6.45) is 1.13. The summed E-state index contributed by atoms with van der Waals surface area (Å²) in [5.41, 5.74) is 0.0783. The van der Waals surface area contributed by atoms with Crippen LogP contribution < -0.4 is 24.8 Å². The molecular formula is C17H31IN4O4S. The summed E-state index contributed by atoms with van der Waals surface area (Å²) >= 11 is 0. The fourth-order valence-corrected chi connectivity index (χ4v) is 3.35. The molecule has 0 saturated heterocycles. The second-order valence-corrected chi connectivity index (χ2v) is 8.13. The highest BCUT2D eigenvalue weighted by Gasteiger charge is 2.22. The van der Waals surface area contributed by atoms with Crippen molar-refractivity contribution in [2.75, 3.05) is 38.4 Å². The average Bonchev–Trinajstić information content (AvgIpc) is 2.51. The lowest BCUT2D eigenvalue weighted by Crippen LogP contribution is -2.46. The average molecular weight is 514 g/mol. The number of aliphatic imine (C=N–C) groups is 1. The number of anilines is 1. The van der Waals surface area contributed by atoms with Gasteiger partial charge in [-0.2, -0.15) is 0 Å². The van der Waals surface area contributed by atoms with Gasteiger partial charge in [0, 0.05) is 23.8 Å². The summed E-state index contributed by atoms with van der Waals surface area (Å²) in [4.78, 5) is 4.48. The van der Waals surface area contributed by atoms with E-state index in [-0.39, 0.29) is 30.5 Å². The maximum Gasteiger partial charge on any atom is 0.209 e. The molecule has 0 heterocycles. The van der Waals surface area contributed by atoms with Crippen LogP contribution in [0.15, 0.2) is 23.2 Å². The highest BCUT2D eigenvalue weighted by Crippen LogP contribution is 2.30. The molecule has 1 aromatic rings. The molecule has 0 bridgehead atoms. The van der Waals surface area contributed by atoms with Gasteiger partial charge in [0.1, 0.15) is 0 Å². The maximum atomic E-state index is 11.5. The lowest BCUT2D eigenvalue weighted by Gasteiger charge is -2.23. The van der Waals surface area contributed by atoms with E-state index in [9.17, 15) is 8.42 Å². The Morgan fingerprint density at radius 3 is 2.41 bits per heavy atom. The van der Waals surface area contributed by atoms with E-state index in [0.717, 1.165) is 11.9 Å². The van der Waals surface area contributed by atoms with Gasteiger partial charge in [0.2, 0.25) is 10.0 Å². The number of halogens is 1. The summed E-state index contributed by atoms with van der Waals surface area (Å²) < 4.78 is 36.3. The van der Waals surface area contributed by atoms with Crippen LogP contribution in [0.2, 0.25) is 0 Å². The van der Waals surface area contributed by atoms with Crippen molar-refractivity contribution in [1.82, 2.24) is 10.0 Å². The van der Waals surface area contributed by atoms with Crippen LogP contribution in [0.3, 0.4) is 0 Å². The Bertz CT molecular complexity index is 724. The highest BCUT2D eigenvalue weighted by molar-refractivity contribution is 14.0. The van der Waals surface area contributed by atoms with Crippen LogP contribution in [0.5, 0.6) is 11.5 Å². The van der Waals surface area contributed by atoms with Crippen LogP contribution in [0.25, 0.3) is 0 Å². The van der Waals surface area contributed by atoms with Gasteiger partial charge in [0.25, 0.3) is 0 Å². The molecule has 0 amide bonds. The van der Waals surface area contributed by atoms with Crippen molar-refractivity contribution in [3.05, 3.63) is 18.2 Å². The van der Waals surface area contributed by atoms with Gasteiger partial charge in [-0.15, -0.1) is 24.0 Å². The molecule has 0 saturated carbocycles.